The number of rotatable bonds is 3. The second-order valence-electron chi connectivity index (χ2n) is 6.24. The molecule has 0 spiro atoms. The van der Waals surface area contributed by atoms with E-state index in [-0.39, 0.29) is 36.1 Å². The molecule has 1 fully saturated rings. The van der Waals surface area contributed by atoms with Crippen LogP contribution in [0.4, 0.5) is 19.0 Å². The Labute approximate surface area is 178 Å². The summed E-state index contributed by atoms with van der Waals surface area (Å²) in [5, 5.41) is 6.55. The summed E-state index contributed by atoms with van der Waals surface area (Å²) in [5.74, 6) is 1.50. The first-order chi connectivity index (χ1) is 12.9. The molecule has 3 heterocycles. The molecule has 3 rings (SSSR count). The Morgan fingerprint density at radius 1 is 1.21 bits per heavy atom. The third kappa shape index (κ3) is 5.26. The zero-order chi connectivity index (χ0) is 19.4. The highest BCUT2D eigenvalue weighted by molar-refractivity contribution is 14.0. The summed E-state index contributed by atoms with van der Waals surface area (Å²) in [5.41, 5.74) is -0.772. The van der Waals surface area contributed by atoms with Gasteiger partial charge in [-0.2, -0.15) is 18.3 Å². The van der Waals surface area contributed by atoms with E-state index in [0.29, 0.717) is 19.0 Å². The number of pyridine rings is 1. The Balaban J connectivity index is 0.00000280. The number of aryl methyl sites for hydroxylation is 1. The fourth-order valence-corrected chi connectivity index (χ4v) is 3.10. The SMILES string of the molecule is CN=C(NCc1cn(C)nc1C(F)(F)F)N1CCN(c2ccccn2)CC1.I. The van der Waals surface area contributed by atoms with Crippen LogP contribution in [0.1, 0.15) is 11.3 Å². The average molecular weight is 509 g/mol. The average Bonchev–Trinajstić information content (AvgIpc) is 3.05. The minimum atomic E-state index is -4.48. The van der Waals surface area contributed by atoms with Crippen molar-refractivity contribution in [3.05, 3.63) is 41.9 Å². The summed E-state index contributed by atoms with van der Waals surface area (Å²) < 4.78 is 40.4. The quantitative estimate of drug-likeness (QED) is 0.391. The van der Waals surface area contributed by atoms with Crippen LogP contribution in [0.15, 0.2) is 35.6 Å². The van der Waals surface area contributed by atoms with Crippen molar-refractivity contribution in [2.45, 2.75) is 12.7 Å². The van der Waals surface area contributed by atoms with E-state index in [2.05, 4.69) is 25.3 Å². The van der Waals surface area contributed by atoms with Gasteiger partial charge in [-0.3, -0.25) is 9.67 Å². The van der Waals surface area contributed by atoms with Gasteiger partial charge in [-0.25, -0.2) is 4.98 Å². The van der Waals surface area contributed by atoms with Crippen molar-refractivity contribution >= 4 is 35.8 Å². The number of piperazine rings is 1. The van der Waals surface area contributed by atoms with Crippen LogP contribution in [-0.4, -0.2) is 58.9 Å². The molecule has 0 aromatic carbocycles. The van der Waals surface area contributed by atoms with Crippen molar-refractivity contribution < 1.29 is 13.2 Å². The molecule has 0 unspecified atom stereocenters. The van der Waals surface area contributed by atoms with Crippen molar-refractivity contribution in [1.29, 1.82) is 0 Å². The van der Waals surface area contributed by atoms with Crippen molar-refractivity contribution in [1.82, 2.24) is 25.0 Å². The van der Waals surface area contributed by atoms with Gasteiger partial charge in [-0.1, -0.05) is 6.07 Å². The van der Waals surface area contributed by atoms with Gasteiger partial charge in [0, 0.05) is 64.8 Å². The first-order valence-corrected chi connectivity index (χ1v) is 8.60. The van der Waals surface area contributed by atoms with Crippen molar-refractivity contribution in [2.24, 2.45) is 12.0 Å². The number of hydrogen-bond acceptors (Lipinski definition) is 4. The van der Waals surface area contributed by atoms with Crippen LogP contribution in [0.3, 0.4) is 0 Å². The minimum absolute atomic E-state index is 0. The van der Waals surface area contributed by atoms with Gasteiger partial charge in [0.2, 0.25) is 0 Å². The number of aromatic nitrogens is 3. The smallest absolute Gasteiger partial charge is 0.353 e. The molecular weight excluding hydrogens is 486 g/mol. The van der Waals surface area contributed by atoms with Gasteiger partial charge in [0.15, 0.2) is 11.7 Å². The van der Waals surface area contributed by atoms with E-state index in [1.807, 2.05) is 23.1 Å². The molecule has 154 valence electrons. The number of alkyl halides is 3. The molecule has 7 nitrogen and oxygen atoms in total. The Kier molecular flexibility index (Phi) is 7.49. The molecule has 0 amide bonds. The van der Waals surface area contributed by atoms with Crippen molar-refractivity contribution in [2.75, 3.05) is 38.1 Å². The van der Waals surface area contributed by atoms with Crippen LogP contribution >= 0.6 is 24.0 Å². The maximum atomic E-state index is 13.1. The van der Waals surface area contributed by atoms with Crippen LogP contribution in [-0.2, 0) is 19.8 Å². The second kappa shape index (κ2) is 9.43. The van der Waals surface area contributed by atoms with Gasteiger partial charge in [-0.15, -0.1) is 24.0 Å². The highest BCUT2D eigenvalue weighted by atomic mass is 127. The second-order valence-corrected chi connectivity index (χ2v) is 6.24. The van der Waals surface area contributed by atoms with E-state index in [1.165, 1.54) is 17.9 Å². The van der Waals surface area contributed by atoms with Gasteiger partial charge >= 0.3 is 6.18 Å². The molecule has 0 bridgehead atoms. The fraction of sp³-hybridized carbons (Fsp3) is 0.471. The summed E-state index contributed by atoms with van der Waals surface area (Å²) in [4.78, 5) is 12.8. The molecule has 28 heavy (non-hydrogen) atoms. The third-order valence-electron chi connectivity index (χ3n) is 4.37. The lowest BCUT2D eigenvalue weighted by molar-refractivity contribution is -0.142. The minimum Gasteiger partial charge on any atom is -0.353 e. The van der Waals surface area contributed by atoms with Crippen molar-refractivity contribution in [3.8, 4) is 0 Å². The van der Waals surface area contributed by atoms with Crippen LogP contribution in [0, 0.1) is 0 Å². The summed E-state index contributed by atoms with van der Waals surface area (Å²) in [6.07, 6.45) is -1.34. The lowest BCUT2D eigenvalue weighted by Gasteiger charge is -2.37. The maximum absolute atomic E-state index is 13.1. The van der Waals surface area contributed by atoms with E-state index in [1.54, 1.807) is 13.2 Å². The predicted octanol–water partition coefficient (Wildman–Crippen LogP) is 2.35. The highest BCUT2D eigenvalue weighted by Crippen LogP contribution is 2.30. The number of halogens is 4. The van der Waals surface area contributed by atoms with E-state index < -0.39 is 11.9 Å². The standard InChI is InChI=1S/C17H22F3N7.HI/c1-21-16(23-11-13-12-25(2)24-15(13)17(18,19)20)27-9-7-26(8-10-27)14-5-3-4-6-22-14;/h3-6,12H,7-11H2,1-2H3,(H,21,23);1H. The number of hydrogen-bond donors (Lipinski definition) is 1. The van der Waals surface area contributed by atoms with Crippen LogP contribution in [0.5, 0.6) is 0 Å². The molecule has 2 aromatic rings. The van der Waals surface area contributed by atoms with Crippen LogP contribution in [0.2, 0.25) is 0 Å². The van der Waals surface area contributed by atoms with Crippen LogP contribution < -0.4 is 10.2 Å². The molecule has 0 atom stereocenters. The van der Waals surface area contributed by atoms with Gasteiger partial charge in [0.25, 0.3) is 0 Å². The van der Waals surface area contributed by atoms with Gasteiger partial charge in [0.1, 0.15) is 5.82 Å². The third-order valence-corrected chi connectivity index (χ3v) is 4.37. The molecule has 11 heteroatoms. The van der Waals surface area contributed by atoms with Crippen molar-refractivity contribution in [3.63, 3.8) is 0 Å². The Morgan fingerprint density at radius 3 is 2.50 bits per heavy atom. The first kappa shape index (κ1) is 22.2. The molecule has 1 aliphatic heterocycles. The zero-order valence-corrected chi connectivity index (χ0v) is 18.0. The summed E-state index contributed by atoms with van der Waals surface area (Å²) in [7, 11) is 3.10. The lowest BCUT2D eigenvalue weighted by Crippen LogP contribution is -2.52. The molecular formula is C17H23F3IN7. The van der Waals surface area contributed by atoms with Gasteiger partial charge < -0.3 is 15.1 Å². The molecule has 0 saturated carbocycles. The Morgan fingerprint density at radius 2 is 1.93 bits per heavy atom. The van der Waals surface area contributed by atoms with E-state index >= 15 is 0 Å². The monoisotopic (exact) mass is 509 g/mol. The normalized spacial score (nSPS) is 15.4. The highest BCUT2D eigenvalue weighted by Gasteiger charge is 2.36. The topological polar surface area (TPSA) is 61.6 Å². The largest absolute Gasteiger partial charge is 0.435 e. The number of aliphatic imine (C=N–C) groups is 1. The molecule has 0 aliphatic carbocycles. The molecule has 1 saturated heterocycles. The number of guanidine groups is 1. The first-order valence-electron chi connectivity index (χ1n) is 8.60. The van der Waals surface area contributed by atoms with E-state index in [4.69, 9.17) is 0 Å². The molecule has 2 aromatic heterocycles. The summed E-state index contributed by atoms with van der Waals surface area (Å²) in [6, 6.07) is 5.78. The molecule has 0 radical (unpaired) electrons. The van der Waals surface area contributed by atoms with Gasteiger partial charge in [0.05, 0.1) is 0 Å². The molecule has 1 N–H and O–H groups in total. The fourth-order valence-electron chi connectivity index (χ4n) is 3.10. The number of nitrogens with zero attached hydrogens (tertiary/aromatic N) is 6. The van der Waals surface area contributed by atoms with Crippen LogP contribution in [0.25, 0.3) is 0 Å². The van der Waals surface area contributed by atoms with Gasteiger partial charge in [-0.05, 0) is 12.1 Å². The Hall–Kier alpha value is -2.05. The summed E-state index contributed by atoms with van der Waals surface area (Å²) >= 11 is 0. The Bertz CT molecular complexity index is 784. The number of nitrogens with one attached hydrogen (secondary N) is 1. The number of anilines is 1. The maximum Gasteiger partial charge on any atom is 0.435 e. The van der Waals surface area contributed by atoms with E-state index in [0.717, 1.165) is 18.9 Å². The molecule has 1 aliphatic rings. The predicted molar refractivity (Wildman–Crippen MR) is 112 cm³/mol. The van der Waals surface area contributed by atoms with E-state index in [9.17, 15) is 13.2 Å². The zero-order valence-electron chi connectivity index (χ0n) is 15.6. The lowest BCUT2D eigenvalue weighted by atomic mass is 10.2. The summed E-state index contributed by atoms with van der Waals surface area (Å²) in [6.45, 7) is 2.94.